The average molecular weight is 410 g/mol. The first kappa shape index (κ1) is 19.2. The summed E-state index contributed by atoms with van der Waals surface area (Å²) in [4.78, 5) is 17.1. The monoisotopic (exact) mass is 409 g/mol. The summed E-state index contributed by atoms with van der Waals surface area (Å²) in [7, 11) is 0. The summed E-state index contributed by atoms with van der Waals surface area (Å²) in [6, 6.07) is 6.43. The Morgan fingerprint density at radius 3 is 2.52 bits per heavy atom. The lowest BCUT2D eigenvalue weighted by atomic mass is 9.49. The number of rotatable bonds is 6. The van der Waals surface area contributed by atoms with Crippen LogP contribution in [0.4, 0.5) is 0 Å². The van der Waals surface area contributed by atoms with Crippen LogP contribution >= 0.6 is 11.8 Å². The number of benzene rings is 1. The highest BCUT2D eigenvalue weighted by molar-refractivity contribution is 7.99. The molecule has 0 saturated heterocycles. The van der Waals surface area contributed by atoms with Gasteiger partial charge in [-0.2, -0.15) is 0 Å². The number of hydrogen-bond acceptors (Lipinski definition) is 3. The maximum absolute atomic E-state index is 12.6. The van der Waals surface area contributed by atoms with Crippen molar-refractivity contribution in [3.05, 3.63) is 41.7 Å². The molecule has 1 N–H and O–H groups in total. The molecule has 1 aromatic heterocycles. The Morgan fingerprint density at radius 1 is 1.17 bits per heavy atom. The molecule has 1 heterocycles. The molecule has 0 unspecified atom stereocenters. The first-order valence-electron chi connectivity index (χ1n) is 11.0. The minimum Gasteiger partial charge on any atom is -0.355 e. The maximum atomic E-state index is 12.6. The normalized spacial score (nSPS) is 29.9. The fraction of sp³-hybridized carbons (Fsp3) is 0.583. The number of carbonyl (C=O) groups excluding carboxylic acids is 1. The van der Waals surface area contributed by atoms with Crippen molar-refractivity contribution in [2.45, 2.75) is 57.5 Å². The van der Waals surface area contributed by atoms with Crippen molar-refractivity contribution < 1.29 is 4.79 Å². The van der Waals surface area contributed by atoms with Gasteiger partial charge in [0.2, 0.25) is 5.91 Å². The number of thioether (sulfide) groups is 1. The summed E-state index contributed by atoms with van der Waals surface area (Å²) >= 11 is 1.53. The van der Waals surface area contributed by atoms with Gasteiger partial charge in [-0.3, -0.25) is 9.36 Å². The second-order valence-electron chi connectivity index (χ2n) is 9.85. The van der Waals surface area contributed by atoms with Crippen LogP contribution in [0.2, 0.25) is 0 Å². The fourth-order valence-corrected chi connectivity index (χ4v) is 7.43. The summed E-state index contributed by atoms with van der Waals surface area (Å²) in [5.74, 6) is 3.35. The van der Waals surface area contributed by atoms with Crippen molar-refractivity contribution in [3.63, 3.8) is 0 Å². The molecule has 154 valence electrons. The Labute approximate surface area is 177 Å². The van der Waals surface area contributed by atoms with Crippen molar-refractivity contribution in [2.24, 2.45) is 23.2 Å². The quantitative estimate of drug-likeness (QED) is 0.689. The number of nitrogens with one attached hydrogen (secondary N) is 1. The molecule has 0 atom stereocenters. The lowest BCUT2D eigenvalue weighted by Gasteiger charge is -2.56. The summed E-state index contributed by atoms with van der Waals surface area (Å²) in [6.45, 7) is 5.10. The van der Waals surface area contributed by atoms with Crippen LogP contribution in [-0.2, 0) is 4.79 Å². The number of imidazole rings is 1. The molecule has 4 fully saturated rings. The molecule has 5 heteroatoms. The number of hydrogen-bond donors (Lipinski definition) is 1. The maximum Gasteiger partial charge on any atom is 0.230 e. The fourth-order valence-electron chi connectivity index (χ4n) is 6.63. The zero-order chi connectivity index (χ0) is 20.0. The summed E-state index contributed by atoms with van der Waals surface area (Å²) < 4.78 is 2.09. The average Bonchev–Trinajstić information content (AvgIpc) is 3.12. The topological polar surface area (TPSA) is 46.9 Å². The van der Waals surface area contributed by atoms with Crippen LogP contribution < -0.4 is 5.32 Å². The third-order valence-corrected chi connectivity index (χ3v) is 8.34. The van der Waals surface area contributed by atoms with E-state index < -0.39 is 0 Å². The molecule has 6 rings (SSSR count). The molecule has 0 radical (unpaired) electrons. The summed E-state index contributed by atoms with van der Waals surface area (Å²) in [5.41, 5.74) is 4.00. The summed E-state index contributed by atoms with van der Waals surface area (Å²) in [6.07, 6.45) is 12.2. The number of aryl methyl sites for hydroxylation is 2. The molecule has 2 aromatic rings. The Bertz CT molecular complexity index is 883. The molecule has 1 amide bonds. The number of amides is 1. The molecule has 4 aliphatic rings. The second kappa shape index (κ2) is 7.50. The Morgan fingerprint density at radius 2 is 1.86 bits per heavy atom. The number of carbonyl (C=O) groups is 1. The molecule has 0 spiro atoms. The zero-order valence-electron chi connectivity index (χ0n) is 17.5. The summed E-state index contributed by atoms with van der Waals surface area (Å²) in [5, 5.41) is 4.16. The third kappa shape index (κ3) is 3.86. The van der Waals surface area contributed by atoms with Gasteiger partial charge in [0, 0.05) is 18.9 Å². The van der Waals surface area contributed by atoms with Gasteiger partial charge in [0.1, 0.15) is 0 Å². The van der Waals surface area contributed by atoms with E-state index in [2.05, 4.69) is 46.9 Å². The standard InChI is InChI=1S/C24H31N3OS/c1-16-3-4-21(17(2)7-16)27-6-5-25-23(27)29-14-22(28)26-15-24-11-18-8-19(12-24)10-20(9-18)13-24/h3-7,18-20H,8-15H2,1-2H3,(H,26,28). The Hall–Kier alpha value is -1.75. The van der Waals surface area contributed by atoms with Gasteiger partial charge in [-0.15, -0.1) is 0 Å². The highest BCUT2D eigenvalue weighted by atomic mass is 32.2. The first-order valence-corrected chi connectivity index (χ1v) is 12.0. The van der Waals surface area contributed by atoms with Crippen molar-refractivity contribution in [1.82, 2.24) is 14.9 Å². The molecule has 4 nitrogen and oxygen atoms in total. The lowest BCUT2D eigenvalue weighted by molar-refractivity contribution is -0.120. The molecular weight excluding hydrogens is 378 g/mol. The van der Waals surface area contributed by atoms with Gasteiger partial charge in [-0.1, -0.05) is 29.5 Å². The predicted molar refractivity (Wildman–Crippen MR) is 117 cm³/mol. The van der Waals surface area contributed by atoms with Gasteiger partial charge >= 0.3 is 0 Å². The molecule has 4 saturated carbocycles. The van der Waals surface area contributed by atoms with Crippen LogP contribution in [0.3, 0.4) is 0 Å². The van der Waals surface area contributed by atoms with Crippen LogP contribution in [0.25, 0.3) is 5.69 Å². The van der Waals surface area contributed by atoms with E-state index in [4.69, 9.17) is 0 Å². The van der Waals surface area contributed by atoms with E-state index in [9.17, 15) is 4.79 Å². The van der Waals surface area contributed by atoms with Gasteiger partial charge in [-0.05, 0) is 87.2 Å². The highest BCUT2D eigenvalue weighted by Gasteiger charge is 2.50. The van der Waals surface area contributed by atoms with Crippen LogP contribution in [0.15, 0.2) is 35.7 Å². The van der Waals surface area contributed by atoms with E-state index in [0.717, 1.165) is 35.1 Å². The largest absolute Gasteiger partial charge is 0.355 e. The lowest BCUT2D eigenvalue weighted by Crippen LogP contribution is -2.51. The van der Waals surface area contributed by atoms with Crippen LogP contribution in [-0.4, -0.2) is 27.8 Å². The van der Waals surface area contributed by atoms with Gasteiger partial charge in [-0.25, -0.2) is 4.98 Å². The van der Waals surface area contributed by atoms with E-state index in [0.29, 0.717) is 11.2 Å². The van der Waals surface area contributed by atoms with E-state index in [1.807, 2.05) is 12.4 Å². The van der Waals surface area contributed by atoms with Crippen LogP contribution in [0.1, 0.15) is 49.7 Å². The van der Waals surface area contributed by atoms with E-state index in [1.165, 1.54) is 61.4 Å². The van der Waals surface area contributed by atoms with Crippen molar-refractivity contribution in [3.8, 4) is 5.69 Å². The third-order valence-electron chi connectivity index (χ3n) is 7.38. The molecule has 1 aromatic carbocycles. The van der Waals surface area contributed by atoms with Gasteiger partial charge in [0.25, 0.3) is 0 Å². The number of nitrogens with zero attached hydrogens (tertiary/aromatic N) is 2. The Kier molecular flexibility index (Phi) is 4.97. The van der Waals surface area contributed by atoms with Crippen LogP contribution in [0, 0.1) is 37.0 Å². The molecule has 4 aliphatic carbocycles. The minimum atomic E-state index is 0.140. The minimum absolute atomic E-state index is 0.140. The van der Waals surface area contributed by atoms with Gasteiger partial charge in [0.15, 0.2) is 5.16 Å². The Balaban J connectivity index is 1.19. The molecule has 29 heavy (non-hydrogen) atoms. The van der Waals surface area contributed by atoms with Gasteiger partial charge in [0.05, 0.1) is 11.4 Å². The van der Waals surface area contributed by atoms with Crippen molar-refractivity contribution in [1.29, 1.82) is 0 Å². The van der Waals surface area contributed by atoms with E-state index >= 15 is 0 Å². The molecule has 4 bridgehead atoms. The van der Waals surface area contributed by atoms with Gasteiger partial charge < -0.3 is 5.32 Å². The molecule has 0 aliphatic heterocycles. The highest BCUT2D eigenvalue weighted by Crippen LogP contribution is 2.59. The van der Waals surface area contributed by atoms with E-state index in [1.54, 1.807) is 0 Å². The first-order chi connectivity index (χ1) is 14.0. The second-order valence-corrected chi connectivity index (χ2v) is 10.8. The van der Waals surface area contributed by atoms with Crippen molar-refractivity contribution >= 4 is 17.7 Å². The van der Waals surface area contributed by atoms with E-state index in [-0.39, 0.29) is 5.91 Å². The zero-order valence-corrected chi connectivity index (χ0v) is 18.3. The van der Waals surface area contributed by atoms with Crippen LogP contribution in [0.5, 0.6) is 0 Å². The van der Waals surface area contributed by atoms with Crippen molar-refractivity contribution in [2.75, 3.05) is 12.3 Å². The SMILES string of the molecule is Cc1ccc(-n2ccnc2SCC(=O)NCC23CC4CC(CC(C4)C2)C3)c(C)c1. The smallest absolute Gasteiger partial charge is 0.230 e. The predicted octanol–water partition coefficient (Wildman–Crippen LogP) is 4.91. The molecular formula is C24H31N3OS. The number of aromatic nitrogens is 2.